The maximum absolute atomic E-state index is 11.8. The summed E-state index contributed by atoms with van der Waals surface area (Å²) in [4.78, 5) is 6.85. The highest BCUT2D eigenvalue weighted by Crippen LogP contribution is 2.06. The summed E-state index contributed by atoms with van der Waals surface area (Å²) in [5, 5.41) is 0. The van der Waals surface area contributed by atoms with Gasteiger partial charge in [0, 0.05) is 25.3 Å². The van der Waals surface area contributed by atoms with Gasteiger partial charge in [-0.15, -0.1) is 11.6 Å². The summed E-state index contributed by atoms with van der Waals surface area (Å²) in [5.41, 5.74) is 0. The molecule has 1 aromatic heterocycles. The molecule has 0 saturated heterocycles. The number of nitrogens with zero attached hydrogens (tertiary/aromatic N) is 2. The molecule has 0 atom stereocenters. The second kappa shape index (κ2) is 6.22. The lowest BCUT2D eigenvalue weighted by atomic mass is 10.4. The standard InChI is InChI=1S/C9H16ClN3O2S/c1-13(8-9-11-5-6-12-9)16(14,15)7-3-2-4-10/h5-6H,2-4,7-8H2,1H3,(H,11,12). The van der Waals surface area contributed by atoms with Crippen molar-refractivity contribution >= 4 is 21.6 Å². The number of aromatic nitrogens is 2. The lowest BCUT2D eigenvalue weighted by molar-refractivity contribution is 0.456. The molecule has 0 aromatic carbocycles. The number of halogens is 1. The van der Waals surface area contributed by atoms with Gasteiger partial charge >= 0.3 is 0 Å². The maximum atomic E-state index is 11.8. The van der Waals surface area contributed by atoms with Gasteiger partial charge < -0.3 is 4.98 Å². The molecular formula is C9H16ClN3O2S. The van der Waals surface area contributed by atoms with E-state index in [1.807, 2.05) is 0 Å². The number of unbranched alkanes of at least 4 members (excludes halogenated alkanes) is 1. The summed E-state index contributed by atoms with van der Waals surface area (Å²) in [6, 6.07) is 0. The van der Waals surface area contributed by atoms with Gasteiger partial charge in [0.25, 0.3) is 0 Å². The van der Waals surface area contributed by atoms with Crippen LogP contribution in [0.15, 0.2) is 12.4 Å². The summed E-state index contributed by atoms with van der Waals surface area (Å²) in [6.45, 7) is 0.274. The Balaban J connectivity index is 2.48. The quantitative estimate of drug-likeness (QED) is 0.595. The normalized spacial score (nSPS) is 12.2. The molecule has 0 spiro atoms. The Kier molecular flexibility index (Phi) is 5.24. The van der Waals surface area contributed by atoms with Crippen molar-refractivity contribution in [1.29, 1.82) is 0 Å². The van der Waals surface area contributed by atoms with Crippen LogP contribution in [0.25, 0.3) is 0 Å². The topological polar surface area (TPSA) is 66.1 Å². The number of H-pyrrole nitrogens is 1. The molecule has 5 nitrogen and oxygen atoms in total. The fourth-order valence-electron chi connectivity index (χ4n) is 1.23. The molecule has 0 amide bonds. The van der Waals surface area contributed by atoms with E-state index in [2.05, 4.69) is 9.97 Å². The monoisotopic (exact) mass is 265 g/mol. The predicted molar refractivity (Wildman–Crippen MR) is 63.8 cm³/mol. The summed E-state index contributed by atoms with van der Waals surface area (Å²) in [5.74, 6) is 1.28. The third kappa shape index (κ3) is 4.11. The molecule has 0 bridgehead atoms. The van der Waals surface area contributed by atoms with Gasteiger partial charge in [0.2, 0.25) is 10.0 Å². The zero-order chi connectivity index (χ0) is 12.0. The zero-order valence-corrected chi connectivity index (χ0v) is 10.8. The molecule has 0 saturated carbocycles. The molecule has 0 radical (unpaired) electrons. The van der Waals surface area contributed by atoms with E-state index in [9.17, 15) is 8.42 Å². The van der Waals surface area contributed by atoms with Crippen molar-refractivity contribution in [2.24, 2.45) is 0 Å². The van der Waals surface area contributed by atoms with Gasteiger partial charge in [-0.2, -0.15) is 4.31 Å². The number of sulfonamides is 1. The largest absolute Gasteiger partial charge is 0.347 e. The van der Waals surface area contributed by atoms with Crippen molar-refractivity contribution in [2.75, 3.05) is 18.7 Å². The van der Waals surface area contributed by atoms with E-state index >= 15 is 0 Å². The molecule has 0 aliphatic rings. The van der Waals surface area contributed by atoms with Crippen LogP contribution in [0, 0.1) is 0 Å². The highest BCUT2D eigenvalue weighted by molar-refractivity contribution is 7.89. The van der Waals surface area contributed by atoms with E-state index in [1.54, 1.807) is 19.4 Å². The number of imidazole rings is 1. The van der Waals surface area contributed by atoms with Gasteiger partial charge in [-0.1, -0.05) is 0 Å². The lowest BCUT2D eigenvalue weighted by Gasteiger charge is -2.15. The number of nitrogens with one attached hydrogen (secondary N) is 1. The van der Waals surface area contributed by atoms with E-state index < -0.39 is 10.0 Å². The van der Waals surface area contributed by atoms with Crippen molar-refractivity contribution in [1.82, 2.24) is 14.3 Å². The molecule has 16 heavy (non-hydrogen) atoms. The number of alkyl halides is 1. The Morgan fingerprint density at radius 2 is 2.25 bits per heavy atom. The predicted octanol–water partition coefficient (Wildman–Crippen LogP) is 1.19. The Morgan fingerprint density at radius 1 is 1.50 bits per heavy atom. The van der Waals surface area contributed by atoms with Crippen molar-refractivity contribution < 1.29 is 8.42 Å². The summed E-state index contributed by atoms with van der Waals surface area (Å²) < 4.78 is 24.9. The van der Waals surface area contributed by atoms with Gasteiger partial charge in [-0.25, -0.2) is 13.4 Å². The minimum Gasteiger partial charge on any atom is -0.347 e. The van der Waals surface area contributed by atoms with Crippen LogP contribution < -0.4 is 0 Å². The van der Waals surface area contributed by atoms with Gasteiger partial charge in [0.05, 0.1) is 12.3 Å². The second-order valence-electron chi connectivity index (χ2n) is 3.50. The molecule has 0 aliphatic heterocycles. The molecule has 1 rings (SSSR count). The highest BCUT2D eigenvalue weighted by Gasteiger charge is 2.18. The van der Waals surface area contributed by atoms with Crippen LogP contribution in [-0.4, -0.2) is 41.4 Å². The average Bonchev–Trinajstić information content (AvgIpc) is 2.70. The second-order valence-corrected chi connectivity index (χ2v) is 6.08. The fourth-order valence-corrected chi connectivity index (χ4v) is 2.62. The Bertz CT molecular complexity index is 391. The molecule has 7 heteroatoms. The molecule has 0 fully saturated rings. The molecule has 92 valence electrons. The SMILES string of the molecule is CN(Cc1ncc[nH]1)S(=O)(=O)CCCCCl. The average molecular weight is 266 g/mol. The molecule has 0 unspecified atom stereocenters. The molecule has 1 heterocycles. The minimum atomic E-state index is -3.19. The van der Waals surface area contributed by atoms with E-state index in [0.717, 1.165) is 6.42 Å². The van der Waals surface area contributed by atoms with Crippen molar-refractivity contribution in [3.63, 3.8) is 0 Å². The molecule has 1 N–H and O–H groups in total. The third-order valence-electron chi connectivity index (χ3n) is 2.19. The Labute approximate surface area is 101 Å². The smallest absolute Gasteiger partial charge is 0.214 e. The van der Waals surface area contributed by atoms with Crippen LogP contribution in [0.3, 0.4) is 0 Å². The van der Waals surface area contributed by atoms with Crippen LogP contribution in [0.5, 0.6) is 0 Å². The first kappa shape index (κ1) is 13.5. The Hall–Kier alpha value is -0.590. The lowest BCUT2D eigenvalue weighted by Crippen LogP contribution is -2.29. The van der Waals surface area contributed by atoms with Crippen LogP contribution in [-0.2, 0) is 16.6 Å². The number of hydrogen-bond acceptors (Lipinski definition) is 3. The van der Waals surface area contributed by atoms with E-state index in [1.165, 1.54) is 4.31 Å². The number of hydrogen-bond donors (Lipinski definition) is 1. The molecule has 0 aliphatic carbocycles. The first-order valence-corrected chi connectivity index (χ1v) is 7.19. The van der Waals surface area contributed by atoms with Crippen LogP contribution >= 0.6 is 11.6 Å². The first-order chi connectivity index (χ1) is 7.56. The third-order valence-corrected chi connectivity index (χ3v) is 4.34. The van der Waals surface area contributed by atoms with Gasteiger partial charge in [-0.05, 0) is 12.8 Å². The number of aromatic amines is 1. The molecule has 1 aromatic rings. The fraction of sp³-hybridized carbons (Fsp3) is 0.667. The van der Waals surface area contributed by atoms with Crippen LogP contribution in [0.2, 0.25) is 0 Å². The van der Waals surface area contributed by atoms with Gasteiger partial charge in [0.15, 0.2) is 0 Å². The van der Waals surface area contributed by atoms with E-state index in [4.69, 9.17) is 11.6 Å². The summed E-state index contributed by atoms with van der Waals surface area (Å²) in [6.07, 6.45) is 4.58. The van der Waals surface area contributed by atoms with Gasteiger partial charge in [-0.3, -0.25) is 0 Å². The highest BCUT2D eigenvalue weighted by atomic mass is 35.5. The summed E-state index contributed by atoms with van der Waals surface area (Å²) >= 11 is 5.50. The molecular weight excluding hydrogens is 250 g/mol. The Morgan fingerprint density at radius 3 is 2.81 bits per heavy atom. The van der Waals surface area contributed by atoms with Crippen molar-refractivity contribution in [3.05, 3.63) is 18.2 Å². The van der Waals surface area contributed by atoms with Gasteiger partial charge in [0.1, 0.15) is 5.82 Å². The van der Waals surface area contributed by atoms with Crippen LogP contribution in [0.1, 0.15) is 18.7 Å². The zero-order valence-electron chi connectivity index (χ0n) is 9.19. The minimum absolute atomic E-state index is 0.136. The van der Waals surface area contributed by atoms with Crippen molar-refractivity contribution in [2.45, 2.75) is 19.4 Å². The maximum Gasteiger partial charge on any atom is 0.214 e. The van der Waals surface area contributed by atoms with Crippen LogP contribution in [0.4, 0.5) is 0 Å². The van der Waals surface area contributed by atoms with E-state index in [0.29, 0.717) is 18.1 Å². The first-order valence-electron chi connectivity index (χ1n) is 5.04. The van der Waals surface area contributed by atoms with Crippen molar-refractivity contribution in [3.8, 4) is 0 Å². The van der Waals surface area contributed by atoms with E-state index in [-0.39, 0.29) is 12.3 Å². The summed E-state index contributed by atoms with van der Waals surface area (Å²) in [7, 11) is -1.64. The number of rotatable bonds is 7.